The van der Waals surface area contributed by atoms with Gasteiger partial charge in [-0.05, 0) is 22.9 Å². The number of pyridine rings is 1. The predicted molar refractivity (Wildman–Crippen MR) is 66.7 cm³/mol. The molecule has 0 aliphatic carbocycles. The number of nitrogens with zero attached hydrogens (tertiary/aromatic N) is 1. The molecule has 0 amide bonds. The second-order valence-electron chi connectivity index (χ2n) is 3.98. The summed E-state index contributed by atoms with van der Waals surface area (Å²) < 4.78 is 2.00. The molecule has 1 aromatic heterocycles. The molecule has 0 aliphatic rings. The third-order valence-electron chi connectivity index (χ3n) is 2.95. The zero-order valence-corrected chi connectivity index (χ0v) is 8.97. The van der Waals surface area contributed by atoms with E-state index in [-0.39, 0.29) is 5.43 Å². The molecule has 2 aromatic carbocycles. The minimum absolute atomic E-state index is 0.0879. The van der Waals surface area contributed by atoms with Gasteiger partial charge in [0.2, 0.25) is 0 Å². The van der Waals surface area contributed by atoms with E-state index in [1.54, 1.807) is 12.1 Å². The summed E-state index contributed by atoms with van der Waals surface area (Å²) in [5.41, 5.74) is 1.09. The molecule has 0 aliphatic heterocycles. The van der Waals surface area contributed by atoms with Gasteiger partial charge < -0.3 is 4.57 Å². The van der Waals surface area contributed by atoms with Crippen LogP contribution in [-0.4, -0.2) is 4.57 Å². The lowest BCUT2D eigenvalue weighted by molar-refractivity contribution is 0.957. The molecule has 0 spiro atoms. The molecule has 2 heteroatoms. The lowest BCUT2D eigenvalue weighted by atomic mass is 10.1. The highest BCUT2D eigenvalue weighted by Crippen LogP contribution is 2.21. The zero-order chi connectivity index (χ0) is 11.1. The van der Waals surface area contributed by atoms with Crippen LogP contribution in [0.1, 0.15) is 0 Å². The van der Waals surface area contributed by atoms with Gasteiger partial charge in [-0.2, -0.15) is 0 Å². The van der Waals surface area contributed by atoms with E-state index in [0.29, 0.717) is 0 Å². The number of aryl methyl sites for hydroxylation is 1. The Kier molecular flexibility index (Phi) is 1.83. The van der Waals surface area contributed by atoms with Gasteiger partial charge in [-0.25, -0.2) is 0 Å². The maximum absolute atomic E-state index is 11.9. The second-order valence-corrected chi connectivity index (χ2v) is 3.98. The van der Waals surface area contributed by atoms with Gasteiger partial charge in [0, 0.05) is 13.2 Å². The molecule has 0 saturated carbocycles. The van der Waals surface area contributed by atoms with Gasteiger partial charge in [-0.3, -0.25) is 4.79 Å². The lowest BCUT2D eigenvalue weighted by Crippen LogP contribution is -2.02. The maximum Gasteiger partial charge on any atom is 0.188 e. The van der Waals surface area contributed by atoms with Crippen LogP contribution in [0, 0.1) is 0 Å². The Labute approximate surface area is 92.8 Å². The van der Waals surface area contributed by atoms with Crippen LogP contribution in [0.5, 0.6) is 0 Å². The van der Waals surface area contributed by atoms with Crippen LogP contribution >= 0.6 is 0 Å². The summed E-state index contributed by atoms with van der Waals surface area (Å²) in [6, 6.07) is 13.5. The van der Waals surface area contributed by atoms with Crippen molar-refractivity contribution in [2.24, 2.45) is 7.05 Å². The first-order chi connectivity index (χ1) is 7.77. The Morgan fingerprint density at radius 1 is 0.938 bits per heavy atom. The highest BCUT2D eigenvalue weighted by molar-refractivity contribution is 6.05. The summed E-state index contributed by atoms with van der Waals surface area (Å²) >= 11 is 0. The molecule has 0 radical (unpaired) electrons. The predicted octanol–water partition coefficient (Wildman–Crippen LogP) is 2.69. The minimum atomic E-state index is 0.0879. The van der Waals surface area contributed by atoms with Crippen LogP contribution in [0.25, 0.3) is 21.7 Å². The number of fused-ring (bicyclic) bond motifs is 3. The Hall–Kier alpha value is -2.09. The molecule has 2 nitrogen and oxygen atoms in total. The van der Waals surface area contributed by atoms with Crippen molar-refractivity contribution in [3.05, 3.63) is 58.9 Å². The molecule has 3 aromatic rings. The summed E-state index contributed by atoms with van der Waals surface area (Å²) in [5, 5.41) is 2.91. The fourth-order valence-electron chi connectivity index (χ4n) is 2.21. The van der Waals surface area contributed by atoms with E-state index in [9.17, 15) is 4.79 Å². The van der Waals surface area contributed by atoms with Gasteiger partial charge in [0.05, 0.1) is 10.9 Å². The van der Waals surface area contributed by atoms with Crippen LogP contribution in [0.15, 0.2) is 53.5 Å². The Morgan fingerprint density at radius 3 is 2.56 bits per heavy atom. The minimum Gasteiger partial charge on any atom is -0.350 e. The molecule has 0 atom stereocenters. The molecule has 78 valence electrons. The van der Waals surface area contributed by atoms with Gasteiger partial charge in [0.25, 0.3) is 0 Å². The topological polar surface area (TPSA) is 22.0 Å². The SMILES string of the molecule is Cn1cccc2ccc3cccc(=O)c3c21. The number of hydrogen-bond donors (Lipinski definition) is 0. The highest BCUT2D eigenvalue weighted by Gasteiger charge is 2.04. The molecular formula is C14H11NO. The molecule has 1 heterocycles. The Balaban J connectivity index is 2.73. The molecule has 0 bridgehead atoms. The molecule has 0 saturated heterocycles. The van der Waals surface area contributed by atoms with E-state index in [2.05, 4.69) is 6.07 Å². The number of rotatable bonds is 0. The molecule has 3 rings (SSSR count). The maximum atomic E-state index is 11.9. The highest BCUT2D eigenvalue weighted by atomic mass is 16.1. The lowest BCUT2D eigenvalue weighted by Gasteiger charge is -2.07. The summed E-state index contributed by atoms with van der Waals surface area (Å²) in [4.78, 5) is 11.9. The average Bonchev–Trinajstić information content (AvgIpc) is 2.29. The van der Waals surface area contributed by atoms with Crippen molar-refractivity contribution in [1.29, 1.82) is 0 Å². The van der Waals surface area contributed by atoms with Gasteiger partial charge >= 0.3 is 0 Å². The summed E-state index contributed by atoms with van der Waals surface area (Å²) in [6.07, 6.45) is 1.97. The van der Waals surface area contributed by atoms with Crippen LogP contribution in [0.3, 0.4) is 0 Å². The van der Waals surface area contributed by atoms with Crippen LogP contribution < -0.4 is 5.43 Å². The number of benzene rings is 2. The Bertz CT molecular complexity index is 740. The van der Waals surface area contributed by atoms with Crippen molar-refractivity contribution in [2.75, 3.05) is 0 Å². The standard InChI is InChI=1S/C14H11NO/c1-15-9-3-5-11-8-7-10-4-2-6-12(16)13(10)14(11)15/h2-9H,1H3. The zero-order valence-electron chi connectivity index (χ0n) is 8.97. The molecule has 0 N–H and O–H groups in total. The monoisotopic (exact) mass is 209 g/mol. The Morgan fingerprint density at radius 2 is 1.69 bits per heavy atom. The van der Waals surface area contributed by atoms with Crippen molar-refractivity contribution in [1.82, 2.24) is 4.57 Å². The largest absolute Gasteiger partial charge is 0.350 e. The van der Waals surface area contributed by atoms with Crippen molar-refractivity contribution in [3.63, 3.8) is 0 Å². The van der Waals surface area contributed by atoms with E-state index in [0.717, 1.165) is 21.7 Å². The van der Waals surface area contributed by atoms with Crippen LogP contribution in [0.2, 0.25) is 0 Å². The number of aromatic nitrogens is 1. The van der Waals surface area contributed by atoms with E-state index >= 15 is 0 Å². The quantitative estimate of drug-likeness (QED) is 0.522. The van der Waals surface area contributed by atoms with E-state index in [1.165, 1.54) is 0 Å². The van der Waals surface area contributed by atoms with E-state index in [4.69, 9.17) is 0 Å². The van der Waals surface area contributed by atoms with Crippen LogP contribution in [-0.2, 0) is 7.05 Å². The molecule has 0 fully saturated rings. The third-order valence-corrected chi connectivity index (χ3v) is 2.95. The average molecular weight is 209 g/mol. The smallest absolute Gasteiger partial charge is 0.188 e. The van der Waals surface area contributed by atoms with Gasteiger partial charge in [0.1, 0.15) is 0 Å². The van der Waals surface area contributed by atoms with Crippen LogP contribution in [0.4, 0.5) is 0 Å². The summed E-state index contributed by atoms with van der Waals surface area (Å²) in [5.74, 6) is 0. The van der Waals surface area contributed by atoms with Gasteiger partial charge in [-0.15, -0.1) is 0 Å². The fraction of sp³-hybridized carbons (Fsp3) is 0.0714. The van der Waals surface area contributed by atoms with Gasteiger partial charge in [0.15, 0.2) is 5.43 Å². The van der Waals surface area contributed by atoms with Crippen molar-refractivity contribution < 1.29 is 0 Å². The normalized spacial score (nSPS) is 11.1. The van der Waals surface area contributed by atoms with Crippen molar-refractivity contribution in [2.45, 2.75) is 0 Å². The van der Waals surface area contributed by atoms with Crippen molar-refractivity contribution in [3.8, 4) is 0 Å². The third kappa shape index (κ3) is 1.16. The fourth-order valence-corrected chi connectivity index (χ4v) is 2.21. The first-order valence-electron chi connectivity index (χ1n) is 5.24. The van der Waals surface area contributed by atoms with E-state index < -0.39 is 0 Å². The second kappa shape index (κ2) is 3.20. The van der Waals surface area contributed by atoms with Gasteiger partial charge in [-0.1, -0.05) is 30.3 Å². The van der Waals surface area contributed by atoms with Crippen molar-refractivity contribution >= 4 is 21.7 Å². The summed E-state index contributed by atoms with van der Waals surface area (Å²) in [7, 11) is 1.97. The number of hydrogen-bond acceptors (Lipinski definition) is 1. The molecule has 0 unspecified atom stereocenters. The molecule has 16 heavy (non-hydrogen) atoms. The molecular weight excluding hydrogens is 198 g/mol. The van der Waals surface area contributed by atoms with E-state index in [1.807, 2.05) is 42.1 Å². The summed E-state index contributed by atoms with van der Waals surface area (Å²) in [6.45, 7) is 0. The first-order valence-corrected chi connectivity index (χ1v) is 5.24. The first kappa shape index (κ1) is 9.16.